The van der Waals surface area contributed by atoms with Crippen LogP contribution in [0.25, 0.3) is 0 Å². The van der Waals surface area contributed by atoms with E-state index in [1.165, 1.54) is 0 Å². The van der Waals surface area contributed by atoms with E-state index in [0.29, 0.717) is 36.4 Å². The zero-order valence-corrected chi connectivity index (χ0v) is 51.0. The number of benzene rings is 9. The summed E-state index contributed by atoms with van der Waals surface area (Å²) in [5.41, 5.74) is -5.97. The Labute approximate surface area is 562 Å². The first-order chi connectivity index (χ1) is 47.7. The van der Waals surface area contributed by atoms with Crippen molar-refractivity contribution in [2.24, 2.45) is 0 Å². The van der Waals surface area contributed by atoms with Gasteiger partial charge in [0.15, 0.2) is 122 Å². The van der Waals surface area contributed by atoms with Crippen molar-refractivity contribution in [3.63, 3.8) is 0 Å². The number of phenols is 24. The lowest BCUT2D eigenvalue weighted by Gasteiger charge is -2.37. The van der Waals surface area contributed by atoms with Gasteiger partial charge in [-0.1, -0.05) is 0 Å². The molecule has 0 bridgehead atoms. The van der Waals surface area contributed by atoms with Crippen LogP contribution in [0.1, 0.15) is 105 Å². The van der Waals surface area contributed by atoms with Gasteiger partial charge in [-0.15, -0.1) is 0 Å². The zero-order chi connectivity index (χ0) is 73.0. The second-order valence-corrected chi connectivity index (χ2v) is 23.6. The van der Waals surface area contributed by atoms with Crippen LogP contribution in [0.3, 0.4) is 0 Å². The van der Waals surface area contributed by atoms with Gasteiger partial charge in [0, 0.05) is 99.9 Å². The maximum Gasteiger partial charge on any atom is 0.338 e. The van der Waals surface area contributed by atoms with Crippen molar-refractivity contribution in [2.75, 3.05) is 0 Å². The lowest BCUT2D eigenvalue weighted by Crippen LogP contribution is -2.35. The summed E-state index contributed by atoms with van der Waals surface area (Å²) in [7, 11) is 0. The van der Waals surface area contributed by atoms with Crippen molar-refractivity contribution in [2.45, 2.75) is 68.7 Å². The van der Waals surface area contributed by atoms with E-state index in [1.54, 1.807) is 0 Å². The summed E-state index contributed by atoms with van der Waals surface area (Å²) in [5.74, 6) is -28.9. The molecule has 0 amide bonds. The van der Waals surface area contributed by atoms with Crippen molar-refractivity contribution in [3.8, 4) is 155 Å². The summed E-state index contributed by atoms with van der Waals surface area (Å²) in [6.45, 7) is 0. The second-order valence-electron chi connectivity index (χ2n) is 23.6. The molecule has 3 aliphatic rings. The van der Waals surface area contributed by atoms with Gasteiger partial charge in [0.1, 0.15) is 70.1 Å². The summed E-state index contributed by atoms with van der Waals surface area (Å²) in [6.07, 6.45) is -14.6. The maximum atomic E-state index is 14.1. The number of rotatable bonds is 13. The van der Waals surface area contributed by atoms with Gasteiger partial charge in [-0.3, -0.25) is 0 Å². The monoisotopic (exact) mass is 1400 g/mol. The number of carbonyl (C=O) groups is 3. The van der Waals surface area contributed by atoms with Crippen molar-refractivity contribution in [1.82, 2.24) is 0 Å². The fourth-order valence-electron chi connectivity index (χ4n) is 12.2. The Hall–Kier alpha value is -14.0. The minimum absolute atomic E-state index is 0.211. The third-order valence-corrected chi connectivity index (χ3v) is 17.2. The largest absolute Gasteiger partial charge is 0.507 e. The van der Waals surface area contributed by atoms with E-state index in [4.69, 9.17) is 28.4 Å². The maximum absolute atomic E-state index is 14.1. The Morgan fingerprint density at radius 3 is 0.931 bits per heavy atom. The number of fused-ring (bicyclic) bond motifs is 3. The van der Waals surface area contributed by atoms with E-state index in [9.17, 15) is 137 Å². The molecule has 0 unspecified atom stereocenters. The molecule has 0 saturated carbocycles. The molecule has 0 fully saturated rings. The first-order valence-corrected chi connectivity index (χ1v) is 29.5. The molecule has 3 aliphatic heterocycles. The minimum Gasteiger partial charge on any atom is -0.507 e. The van der Waals surface area contributed by atoms with Crippen LogP contribution in [0.5, 0.6) is 155 Å². The molecule has 24 N–H and O–H groups in total. The summed E-state index contributed by atoms with van der Waals surface area (Å²) in [5, 5.41) is 261. The van der Waals surface area contributed by atoms with Crippen LogP contribution in [0.2, 0.25) is 0 Å². The van der Waals surface area contributed by atoms with Crippen LogP contribution in [0, 0.1) is 0 Å². The highest BCUT2D eigenvalue weighted by Crippen LogP contribution is 2.57. The van der Waals surface area contributed by atoms with E-state index >= 15 is 0 Å². The van der Waals surface area contributed by atoms with E-state index in [-0.39, 0.29) is 27.8 Å². The number of esters is 3. The number of carbonyl (C=O) groups excluding carboxylic acids is 3. The highest BCUT2D eigenvalue weighted by Gasteiger charge is 2.45. The molecule has 0 aliphatic carbocycles. The predicted molar refractivity (Wildman–Crippen MR) is 332 cm³/mol. The normalized spacial score (nSPS) is 17.4. The fraction of sp³-hybridized carbons (Fsp3) is 0.162. The third kappa shape index (κ3) is 11.9. The molecular weight excluding hydrogens is 1340 g/mol. The Kier molecular flexibility index (Phi) is 16.5. The van der Waals surface area contributed by atoms with Crippen molar-refractivity contribution < 1.29 is 165 Å². The molecule has 9 aromatic carbocycles. The lowest BCUT2D eigenvalue weighted by molar-refractivity contribution is -0.0195. The molecule has 6 atom stereocenters. The Bertz CT molecular complexity index is 4860. The number of hydrogen-bond acceptors (Lipinski definition) is 33. The topological polar surface area (TPSA) is 592 Å². The molecule has 0 radical (unpaired) electrons. The van der Waals surface area contributed by atoms with Gasteiger partial charge in [-0.05, 0) is 72.8 Å². The third-order valence-electron chi connectivity index (χ3n) is 17.2. The number of aromatic hydroxyl groups is 24. The number of phenolic OH excluding ortho intramolecular Hbond substituents is 24. The van der Waals surface area contributed by atoms with E-state index in [0.717, 1.165) is 48.5 Å². The quantitative estimate of drug-likeness (QED) is 0.0332. The van der Waals surface area contributed by atoms with E-state index < -0.39 is 286 Å². The van der Waals surface area contributed by atoms with Gasteiger partial charge in [0.25, 0.3) is 0 Å². The lowest BCUT2D eigenvalue weighted by atomic mass is 9.85. The Balaban J connectivity index is 1.02. The first kappa shape index (κ1) is 67.0. The highest BCUT2D eigenvalue weighted by molar-refractivity contribution is 5.93. The summed E-state index contributed by atoms with van der Waals surface area (Å²) >= 11 is 0. The molecule has 101 heavy (non-hydrogen) atoms. The standard InChI is InChI=1S/C68H54O33/c69-33-18-34(70)28-15-49(97-66(93)23-7-42(78)58(90)43(79)8-23)62(21-3-38(74)56(88)39(75)4-21)100-64(28)27(33)14-30-53(85)31(65-32(54(30)86)17-51(63(101-65)22-5-40(76)57(89)41(77)6-22)99-68(95)25-11-46(82)60(92)47(83)12-25)13-26-35(71)19-48-29(52(26)84)16-50(61(96-48)20-1-36(72)55(87)37(73)2-20)98-67(94)24-9-44(80)59(91)45(81)10-24/h1-12,18-19,49-51,61-63,69-92H,13-17H2/t49-,50+,51-,61+,62-,63-/m1/s1. The zero-order valence-electron chi connectivity index (χ0n) is 51.0. The van der Waals surface area contributed by atoms with Gasteiger partial charge in [0.05, 0.1) is 16.7 Å². The van der Waals surface area contributed by atoms with E-state index in [2.05, 4.69) is 0 Å². The van der Waals surface area contributed by atoms with Crippen molar-refractivity contribution in [1.29, 1.82) is 0 Å². The molecule has 0 saturated heterocycles. The minimum atomic E-state index is -1.86. The number of hydrogen-bond donors (Lipinski definition) is 24. The van der Waals surface area contributed by atoms with Crippen molar-refractivity contribution in [3.05, 3.63) is 157 Å². The summed E-state index contributed by atoms with van der Waals surface area (Å²) < 4.78 is 36.6. The first-order valence-electron chi connectivity index (χ1n) is 29.5. The molecule has 3 heterocycles. The van der Waals surface area contributed by atoms with Gasteiger partial charge < -0.3 is 151 Å². The van der Waals surface area contributed by atoms with Gasteiger partial charge in [-0.2, -0.15) is 0 Å². The van der Waals surface area contributed by atoms with Gasteiger partial charge in [-0.25, -0.2) is 14.4 Å². The molecule has 33 heteroatoms. The summed E-state index contributed by atoms with van der Waals surface area (Å²) in [4.78, 5) is 41.8. The average molecular weight is 1400 g/mol. The van der Waals surface area contributed by atoms with Crippen LogP contribution in [0.4, 0.5) is 0 Å². The van der Waals surface area contributed by atoms with Crippen LogP contribution >= 0.6 is 0 Å². The Morgan fingerprint density at radius 2 is 0.564 bits per heavy atom. The van der Waals surface area contributed by atoms with Gasteiger partial charge in [0.2, 0.25) is 0 Å². The fourth-order valence-corrected chi connectivity index (χ4v) is 12.2. The average Bonchev–Trinajstić information content (AvgIpc) is 0.742. The van der Waals surface area contributed by atoms with Crippen molar-refractivity contribution >= 4 is 17.9 Å². The molecule has 9 aromatic rings. The SMILES string of the molecule is O=C(O[C@H]1Cc2c(cc(O)c(Cc3c(O)c(Cc4c(O)cc(O)c5c4O[C@H](c4cc(O)c(O)c(O)c4)[C@H](OC(=O)c4cc(O)c(O)c(O)c4)C5)c(O)c4c3O[C@H](c3cc(O)c(O)c(O)c3)[C@H](OC(=O)c3cc(O)c(O)c(O)c3)C4)c2O)O[C@H]1c1cc(O)c(O)c(O)c1)c1cc(O)c(O)c(O)c1. The van der Waals surface area contributed by atoms with E-state index in [1.807, 2.05) is 0 Å². The molecule has 0 spiro atoms. The molecule has 524 valence electrons. The van der Waals surface area contributed by atoms with Crippen LogP contribution in [-0.2, 0) is 46.3 Å². The molecule has 12 rings (SSSR count). The highest BCUT2D eigenvalue weighted by atomic mass is 16.6. The molecular formula is C68H54O33. The predicted octanol–water partition coefficient (Wildman–Crippen LogP) is 6.51. The second kappa shape index (κ2) is 24.9. The van der Waals surface area contributed by atoms with Crippen LogP contribution < -0.4 is 14.2 Å². The van der Waals surface area contributed by atoms with Crippen LogP contribution in [0.15, 0.2) is 84.9 Å². The summed E-state index contributed by atoms with van der Waals surface area (Å²) in [6, 6.07) is 11.1. The van der Waals surface area contributed by atoms with Crippen LogP contribution in [-0.4, -0.2) is 159 Å². The smallest absolute Gasteiger partial charge is 0.338 e. The Morgan fingerprint density at radius 1 is 0.277 bits per heavy atom. The number of ether oxygens (including phenoxy) is 6. The van der Waals surface area contributed by atoms with Gasteiger partial charge >= 0.3 is 17.9 Å². The molecule has 33 nitrogen and oxygen atoms in total. The molecule has 0 aromatic heterocycles.